The molecule has 1 aromatic rings. The van der Waals surface area contributed by atoms with Crippen LogP contribution in [0.1, 0.15) is 42.5 Å². The van der Waals surface area contributed by atoms with Gasteiger partial charge in [0.05, 0.1) is 0 Å². The van der Waals surface area contributed by atoms with Crippen molar-refractivity contribution in [2.75, 3.05) is 0 Å². The van der Waals surface area contributed by atoms with Crippen LogP contribution < -0.4 is 0 Å². The summed E-state index contributed by atoms with van der Waals surface area (Å²) in [6, 6.07) is 4.01. The van der Waals surface area contributed by atoms with Gasteiger partial charge in [-0.1, -0.05) is 22.0 Å². The van der Waals surface area contributed by atoms with E-state index in [1.807, 2.05) is 0 Å². The van der Waals surface area contributed by atoms with E-state index < -0.39 is 11.6 Å². The van der Waals surface area contributed by atoms with E-state index in [0.717, 1.165) is 29.7 Å². The highest BCUT2D eigenvalue weighted by Gasteiger charge is 2.50. The molecule has 4 aliphatic rings. The lowest BCUT2D eigenvalue weighted by molar-refractivity contribution is -0.0367. The van der Waals surface area contributed by atoms with Gasteiger partial charge in [-0.25, -0.2) is 8.78 Å². The molecule has 1 aromatic carbocycles. The molecule has 0 radical (unpaired) electrons. The van der Waals surface area contributed by atoms with Gasteiger partial charge in [0.2, 0.25) is 0 Å². The molecular formula is C17H19BrF2. The zero-order chi connectivity index (χ0) is 13.9. The van der Waals surface area contributed by atoms with E-state index in [9.17, 15) is 8.78 Å². The standard InChI is InChI=1S/C17H19BrF2/c18-17(14-2-1-13(19)8-15(14)20)16-11-4-9-3-10(6-11)7-12(16)5-9/h1-2,8-12,16-17H,3-7H2. The number of halogens is 3. The van der Waals surface area contributed by atoms with E-state index in [2.05, 4.69) is 15.9 Å². The lowest BCUT2D eigenvalue weighted by atomic mass is 9.51. The van der Waals surface area contributed by atoms with E-state index in [0.29, 0.717) is 11.5 Å². The van der Waals surface area contributed by atoms with E-state index in [1.54, 1.807) is 6.07 Å². The maximum atomic E-state index is 14.0. The normalized spacial score (nSPS) is 40.0. The third-order valence-corrected chi connectivity index (χ3v) is 7.00. The molecule has 0 spiro atoms. The second-order valence-electron chi connectivity index (χ2n) is 7.08. The van der Waals surface area contributed by atoms with Gasteiger partial charge in [0.15, 0.2) is 0 Å². The van der Waals surface area contributed by atoms with Gasteiger partial charge in [0.1, 0.15) is 11.6 Å². The highest BCUT2D eigenvalue weighted by Crippen LogP contribution is 2.60. The summed E-state index contributed by atoms with van der Waals surface area (Å²) in [5.41, 5.74) is 0.642. The number of benzene rings is 1. The number of hydrogen-bond acceptors (Lipinski definition) is 0. The van der Waals surface area contributed by atoms with Crippen molar-refractivity contribution in [1.29, 1.82) is 0 Å². The van der Waals surface area contributed by atoms with Crippen molar-refractivity contribution in [3.63, 3.8) is 0 Å². The monoisotopic (exact) mass is 340 g/mol. The van der Waals surface area contributed by atoms with Gasteiger partial charge in [-0.3, -0.25) is 0 Å². The van der Waals surface area contributed by atoms with Crippen molar-refractivity contribution < 1.29 is 8.78 Å². The smallest absolute Gasteiger partial charge is 0.130 e. The number of alkyl halides is 1. The molecule has 1 atom stereocenters. The first kappa shape index (κ1) is 13.2. The predicted molar refractivity (Wildman–Crippen MR) is 78.6 cm³/mol. The van der Waals surface area contributed by atoms with Crippen LogP contribution in [0.15, 0.2) is 18.2 Å². The van der Waals surface area contributed by atoms with Crippen molar-refractivity contribution in [3.8, 4) is 0 Å². The summed E-state index contributed by atoms with van der Waals surface area (Å²) in [6.07, 6.45) is 6.72. The van der Waals surface area contributed by atoms with E-state index in [1.165, 1.54) is 38.2 Å². The zero-order valence-corrected chi connectivity index (χ0v) is 13.0. The highest BCUT2D eigenvalue weighted by atomic mass is 79.9. The van der Waals surface area contributed by atoms with Crippen LogP contribution in [0.25, 0.3) is 0 Å². The topological polar surface area (TPSA) is 0 Å². The summed E-state index contributed by atoms with van der Waals surface area (Å²) in [4.78, 5) is 0.0399. The molecule has 0 amide bonds. The van der Waals surface area contributed by atoms with Gasteiger partial charge in [-0.15, -0.1) is 0 Å². The van der Waals surface area contributed by atoms with Crippen LogP contribution in [-0.4, -0.2) is 0 Å². The maximum Gasteiger partial charge on any atom is 0.130 e. The zero-order valence-electron chi connectivity index (χ0n) is 11.4. The van der Waals surface area contributed by atoms with Crippen LogP contribution in [0.4, 0.5) is 8.78 Å². The van der Waals surface area contributed by atoms with Crippen LogP contribution in [0.5, 0.6) is 0 Å². The van der Waals surface area contributed by atoms with Gasteiger partial charge in [0, 0.05) is 16.5 Å². The average molecular weight is 341 g/mol. The lowest BCUT2D eigenvalue weighted by Crippen LogP contribution is -2.46. The van der Waals surface area contributed by atoms with Gasteiger partial charge < -0.3 is 0 Å². The Morgan fingerprint density at radius 2 is 1.55 bits per heavy atom. The summed E-state index contributed by atoms with van der Waals surface area (Å²) in [6.45, 7) is 0. The van der Waals surface area contributed by atoms with Crippen molar-refractivity contribution in [2.24, 2.45) is 29.6 Å². The summed E-state index contributed by atoms with van der Waals surface area (Å²) >= 11 is 3.75. The van der Waals surface area contributed by atoms with Crippen LogP contribution in [0, 0.1) is 41.2 Å². The van der Waals surface area contributed by atoms with Crippen LogP contribution >= 0.6 is 15.9 Å². The molecule has 0 aromatic heterocycles. The van der Waals surface area contributed by atoms with E-state index >= 15 is 0 Å². The minimum absolute atomic E-state index is 0.0399. The molecule has 4 saturated carbocycles. The van der Waals surface area contributed by atoms with Crippen LogP contribution in [-0.2, 0) is 0 Å². The molecule has 0 nitrogen and oxygen atoms in total. The molecule has 5 rings (SSSR count). The first-order valence-corrected chi connectivity index (χ1v) is 8.62. The second-order valence-corrected chi connectivity index (χ2v) is 8.06. The average Bonchev–Trinajstić information content (AvgIpc) is 2.37. The number of hydrogen-bond donors (Lipinski definition) is 0. The molecule has 0 N–H and O–H groups in total. The molecule has 20 heavy (non-hydrogen) atoms. The van der Waals surface area contributed by atoms with Gasteiger partial charge in [-0.2, -0.15) is 0 Å². The van der Waals surface area contributed by atoms with Gasteiger partial charge in [0.25, 0.3) is 0 Å². The molecule has 108 valence electrons. The Bertz CT molecular complexity index is 500. The summed E-state index contributed by atoms with van der Waals surface area (Å²) in [7, 11) is 0. The Hall–Kier alpha value is -0.440. The third-order valence-electron chi connectivity index (χ3n) is 5.90. The molecule has 3 heteroatoms. The molecule has 1 unspecified atom stereocenters. The third kappa shape index (κ3) is 2.04. The minimum atomic E-state index is -0.490. The van der Waals surface area contributed by atoms with Crippen LogP contribution in [0.3, 0.4) is 0 Å². The van der Waals surface area contributed by atoms with Crippen molar-refractivity contribution in [1.82, 2.24) is 0 Å². The fourth-order valence-electron chi connectivity index (χ4n) is 5.38. The number of rotatable bonds is 2. The SMILES string of the molecule is Fc1ccc(C(Br)C2C3CC4CC(C3)CC2C4)c(F)c1. The van der Waals surface area contributed by atoms with Crippen molar-refractivity contribution in [3.05, 3.63) is 35.4 Å². The summed E-state index contributed by atoms with van der Waals surface area (Å²) in [5, 5.41) is 0. The molecule has 0 heterocycles. The molecule has 0 saturated heterocycles. The molecule has 4 aliphatic carbocycles. The fraction of sp³-hybridized carbons (Fsp3) is 0.647. The summed E-state index contributed by atoms with van der Waals surface area (Å²) in [5.74, 6) is 2.96. The Morgan fingerprint density at radius 3 is 2.10 bits per heavy atom. The molecule has 4 bridgehead atoms. The van der Waals surface area contributed by atoms with Crippen LogP contribution in [0.2, 0.25) is 0 Å². The Balaban J connectivity index is 1.63. The Kier molecular flexibility index (Phi) is 3.17. The molecule has 0 aliphatic heterocycles. The first-order valence-electron chi connectivity index (χ1n) is 7.71. The maximum absolute atomic E-state index is 14.0. The lowest BCUT2D eigenvalue weighted by Gasteiger charge is -2.55. The molecular weight excluding hydrogens is 322 g/mol. The van der Waals surface area contributed by atoms with Gasteiger partial charge >= 0.3 is 0 Å². The predicted octanol–water partition coefficient (Wildman–Crippen LogP) is 5.47. The van der Waals surface area contributed by atoms with Crippen molar-refractivity contribution >= 4 is 15.9 Å². The Labute approximate surface area is 127 Å². The Morgan fingerprint density at radius 1 is 0.950 bits per heavy atom. The quantitative estimate of drug-likeness (QED) is 0.626. The first-order chi connectivity index (χ1) is 9.61. The van der Waals surface area contributed by atoms with E-state index in [4.69, 9.17) is 0 Å². The highest BCUT2D eigenvalue weighted by molar-refractivity contribution is 9.09. The van der Waals surface area contributed by atoms with Crippen molar-refractivity contribution in [2.45, 2.75) is 36.9 Å². The van der Waals surface area contributed by atoms with Gasteiger partial charge in [-0.05, 0) is 67.8 Å². The largest absolute Gasteiger partial charge is 0.207 e. The second kappa shape index (κ2) is 4.79. The summed E-state index contributed by atoms with van der Waals surface area (Å²) < 4.78 is 27.1. The molecule has 4 fully saturated rings. The fourth-order valence-corrected chi connectivity index (χ4v) is 6.61. The minimum Gasteiger partial charge on any atom is -0.207 e. The van der Waals surface area contributed by atoms with E-state index in [-0.39, 0.29) is 4.83 Å².